The predicted molar refractivity (Wildman–Crippen MR) is 67.6 cm³/mol. The monoisotopic (exact) mass is 272 g/mol. The van der Waals surface area contributed by atoms with Gasteiger partial charge in [-0.05, 0) is 26.7 Å². The Morgan fingerprint density at radius 3 is 2.16 bits per heavy atom. The van der Waals surface area contributed by atoms with Crippen LogP contribution in [0.3, 0.4) is 0 Å². The predicted octanol–water partition coefficient (Wildman–Crippen LogP) is -1.06. The molecule has 1 rings (SSSR count). The number of nitrogens with two attached hydrogens (primary N) is 1. The number of carbonyl (C=O) groups excluding carboxylic acids is 2. The molecule has 1 saturated carbocycles. The molecule has 7 nitrogen and oxygen atoms in total. The molecule has 7 heteroatoms. The van der Waals surface area contributed by atoms with E-state index < -0.39 is 23.3 Å². The average molecular weight is 272 g/mol. The fourth-order valence-electron chi connectivity index (χ4n) is 2.10. The molecule has 0 bridgehead atoms. The number of hydrogen-bond donors (Lipinski definition) is 4. The van der Waals surface area contributed by atoms with E-state index in [1.807, 2.05) is 0 Å². The first-order chi connectivity index (χ1) is 8.65. The largest absolute Gasteiger partial charge is 0.366 e. The van der Waals surface area contributed by atoms with Crippen LogP contribution < -0.4 is 16.4 Å². The highest BCUT2D eigenvalue weighted by atomic mass is 16.4. The lowest BCUT2D eigenvalue weighted by atomic mass is 9.95. The molecule has 5 N–H and O–H groups in total. The zero-order valence-corrected chi connectivity index (χ0v) is 11.3. The average Bonchev–Trinajstić information content (AvgIpc) is 2.28. The van der Waals surface area contributed by atoms with Gasteiger partial charge in [0.05, 0.1) is 0 Å². The number of nitrogens with zero attached hydrogens (tertiary/aromatic N) is 1. The van der Waals surface area contributed by atoms with E-state index in [1.54, 1.807) is 0 Å². The third kappa shape index (κ3) is 4.45. The van der Waals surface area contributed by atoms with Crippen molar-refractivity contribution in [2.75, 3.05) is 0 Å². The number of carbonyl (C=O) groups is 2. The Balaban J connectivity index is 2.60. The van der Waals surface area contributed by atoms with Crippen LogP contribution in [0.1, 0.15) is 46.0 Å². The van der Waals surface area contributed by atoms with Gasteiger partial charge < -0.3 is 21.3 Å². The molecular formula is C12H22N3O4. The van der Waals surface area contributed by atoms with Crippen molar-refractivity contribution in [3.8, 4) is 0 Å². The zero-order valence-electron chi connectivity index (χ0n) is 11.3. The molecule has 2 amide bonds. The molecule has 2 unspecified atom stereocenters. The molecule has 2 atom stereocenters. The van der Waals surface area contributed by atoms with Gasteiger partial charge in [0.1, 0.15) is 0 Å². The van der Waals surface area contributed by atoms with Crippen molar-refractivity contribution in [2.24, 2.45) is 5.73 Å². The third-order valence-corrected chi connectivity index (χ3v) is 3.27. The zero-order chi connectivity index (χ0) is 14.7. The molecule has 19 heavy (non-hydrogen) atoms. The van der Waals surface area contributed by atoms with Gasteiger partial charge in [-0.25, -0.2) is 0 Å². The highest BCUT2D eigenvalue weighted by Crippen LogP contribution is 2.18. The molecule has 0 aromatic heterocycles. The summed E-state index contributed by atoms with van der Waals surface area (Å²) in [6.07, 6.45) is 4.91. The van der Waals surface area contributed by atoms with Crippen LogP contribution in [0.15, 0.2) is 0 Å². The normalized spacial score (nSPS) is 23.2. The smallest absolute Gasteiger partial charge is 0.268 e. The SMILES string of the molecule is CC(O)([N]C(C)(O)C(=O)NC1CCCCC1)C(N)=O. The van der Waals surface area contributed by atoms with Crippen LogP contribution in [0.5, 0.6) is 0 Å². The van der Waals surface area contributed by atoms with Crippen molar-refractivity contribution in [3.63, 3.8) is 0 Å². The summed E-state index contributed by atoms with van der Waals surface area (Å²) in [7, 11) is 0. The first-order valence-electron chi connectivity index (χ1n) is 6.45. The maximum Gasteiger partial charge on any atom is 0.268 e. The minimum absolute atomic E-state index is 0.00134. The number of nitrogens with one attached hydrogen (secondary N) is 1. The number of amides is 2. The molecule has 1 fully saturated rings. The molecule has 109 valence electrons. The highest BCUT2D eigenvalue weighted by molar-refractivity contribution is 5.87. The number of rotatable bonds is 5. The number of hydrogen-bond acceptors (Lipinski definition) is 4. The maximum absolute atomic E-state index is 11.9. The number of aliphatic hydroxyl groups is 2. The molecule has 0 spiro atoms. The first kappa shape index (κ1) is 15.9. The Morgan fingerprint density at radius 2 is 1.68 bits per heavy atom. The molecule has 0 aromatic carbocycles. The Labute approximate surface area is 112 Å². The second-order valence-corrected chi connectivity index (χ2v) is 5.33. The van der Waals surface area contributed by atoms with Gasteiger partial charge >= 0.3 is 0 Å². The van der Waals surface area contributed by atoms with Gasteiger partial charge in [0.15, 0.2) is 0 Å². The molecule has 0 aliphatic heterocycles. The van der Waals surface area contributed by atoms with Crippen molar-refractivity contribution in [3.05, 3.63) is 0 Å². The minimum atomic E-state index is -2.28. The van der Waals surface area contributed by atoms with Gasteiger partial charge in [0.25, 0.3) is 11.8 Å². The first-order valence-corrected chi connectivity index (χ1v) is 6.45. The lowest BCUT2D eigenvalue weighted by Gasteiger charge is -2.31. The van der Waals surface area contributed by atoms with Crippen LogP contribution in [0.4, 0.5) is 0 Å². The summed E-state index contributed by atoms with van der Waals surface area (Å²) in [6, 6.07) is 0.00134. The molecular weight excluding hydrogens is 250 g/mol. The van der Waals surface area contributed by atoms with E-state index in [4.69, 9.17) is 5.73 Å². The summed E-state index contributed by atoms with van der Waals surface area (Å²) in [5.41, 5.74) is 0.454. The van der Waals surface area contributed by atoms with Crippen molar-refractivity contribution in [1.29, 1.82) is 0 Å². The molecule has 1 aliphatic rings. The van der Waals surface area contributed by atoms with Crippen molar-refractivity contribution in [2.45, 2.75) is 63.4 Å². The topological polar surface area (TPSA) is 127 Å². The van der Waals surface area contributed by atoms with Crippen LogP contribution in [0, 0.1) is 0 Å². The van der Waals surface area contributed by atoms with Crippen molar-refractivity contribution >= 4 is 11.8 Å². The number of primary amides is 1. The quantitative estimate of drug-likeness (QED) is 0.509. The maximum atomic E-state index is 11.9. The van der Waals surface area contributed by atoms with E-state index in [9.17, 15) is 19.8 Å². The van der Waals surface area contributed by atoms with Crippen molar-refractivity contribution in [1.82, 2.24) is 10.6 Å². The Morgan fingerprint density at radius 1 is 1.16 bits per heavy atom. The summed E-state index contributed by atoms with van der Waals surface area (Å²) in [4.78, 5) is 22.9. The second kappa shape index (κ2) is 5.85. The Kier molecular flexibility index (Phi) is 4.89. The summed E-state index contributed by atoms with van der Waals surface area (Å²) < 4.78 is 0. The molecule has 0 aromatic rings. The van der Waals surface area contributed by atoms with Gasteiger partial charge in [-0.2, -0.15) is 5.32 Å². The van der Waals surface area contributed by atoms with Gasteiger partial charge in [-0.3, -0.25) is 9.59 Å². The van der Waals surface area contributed by atoms with E-state index in [-0.39, 0.29) is 6.04 Å². The standard InChI is InChI=1S/C12H22N3O4/c1-11(18,9(13)16)15-12(2,19)10(17)14-8-6-4-3-5-7-8/h8,18-19H,3-7H2,1-2H3,(H2,13,16)(H,14,17). The summed E-state index contributed by atoms with van der Waals surface area (Å²) >= 11 is 0. The van der Waals surface area contributed by atoms with E-state index >= 15 is 0 Å². The fourth-order valence-corrected chi connectivity index (χ4v) is 2.10. The van der Waals surface area contributed by atoms with E-state index in [2.05, 4.69) is 10.6 Å². The van der Waals surface area contributed by atoms with Gasteiger partial charge in [0, 0.05) is 6.04 Å². The highest BCUT2D eigenvalue weighted by Gasteiger charge is 2.42. The van der Waals surface area contributed by atoms with Crippen LogP contribution in [-0.2, 0) is 9.59 Å². The van der Waals surface area contributed by atoms with Crippen LogP contribution in [0.25, 0.3) is 0 Å². The van der Waals surface area contributed by atoms with Crippen LogP contribution >= 0.6 is 0 Å². The van der Waals surface area contributed by atoms with Crippen LogP contribution in [0.2, 0.25) is 0 Å². The summed E-state index contributed by atoms with van der Waals surface area (Å²) in [6.45, 7) is 2.14. The lowest BCUT2D eigenvalue weighted by Crippen LogP contribution is -2.62. The molecule has 1 aliphatic carbocycles. The summed E-state index contributed by atoms with van der Waals surface area (Å²) in [5.74, 6) is -1.86. The third-order valence-electron chi connectivity index (χ3n) is 3.27. The van der Waals surface area contributed by atoms with E-state index in [0.29, 0.717) is 0 Å². The van der Waals surface area contributed by atoms with E-state index in [0.717, 1.165) is 46.0 Å². The van der Waals surface area contributed by atoms with Gasteiger partial charge in [-0.15, -0.1) is 0 Å². The summed E-state index contributed by atoms with van der Waals surface area (Å²) in [5, 5.41) is 25.7. The van der Waals surface area contributed by atoms with Gasteiger partial charge in [0.2, 0.25) is 11.4 Å². The second-order valence-electron chi connectivity index (χ2n) is 5.33. The van der Waals surface area contributed by atoms with Crippen LogP contribution in [-0.4, -0.2) is 39.5 Å². The fraction of sp³-hybridized carbons (Fsp3) is 0.833. The van der Waals surface area contributed by atoms with E-state index in [1.165, 1.54) is 0 Å². The van der Waals surface area contributed by atoms with Gasteiger partial charge in [-0.1, -0.05) is 19.3 Å². The molecule has 1 radical (unpaired) electrons. The Hall–Kier alpha value is -1.18. The Bertz CT molecular complexity index is 349. The lowest BCUT2D eigenvalue weighted by molar-refractivity contribution is -0.161. The molecule has 0 saturated heterocycles. The minimum Gasteiger partial charge on any atom is -0.366 e. The van der Waals surface area contributed by atoms with Crippen molar-refractivity contribution < 1.29 is 19.8 Å². The molecule has 0 heterocycles.